The van der Waals surface area contributed by atoms with Crippen molar-refractivity contribution in [1.29, 1.82) is 0 Å². The van der Waals surface area contributed by atoms with Crippen molar-refractivity contribution in [2.24, 2.45) is 11.8 Å². The fourth-order valence-corrected chi connectivity index (χ4v) is 6.83. The molecule has 5 atom stereocenters. The van der Waals surface area contributed by atoms with E-state index in [0.29, 0.717) is 0 Å². The van der Waals surface area contributed by atoms with Gasteiger partial charge in [0, 0.05) is 18.1 Å². The summed E-state index contributed by atoms with van der Waals surface area (Å²) in [7, 11) is 0. The smallest absolute Gasteiger partial charge is 0.246 e. The lowest BCUT2D eigenvalue weighted by molar-refractivity contribution is -0.144. The number of carbonyl (C=O) groups excluding carboxylic acids is 3. The molecule has 5 fully saturated rings. The van der Waals surface area contributed by atoms with Crippen LogP contribution in [0.25, 0.3) is 0 Å². The number of amides is 3. The summed E-state index contributed by atoms with van der Waals surface area (Å²) in [5, 5.41) is 6.34. The van der Waals surface area contributed by atoms with Crippen LogP contribution in [0.1, 0.15) is 70.6 Å². The van der Waals surface area contributed by atoms with Crippen molar-refractivity contribution >= 4 is 17.7 Å². The molecule has 3 amide bonds. The Bertz CT molecular complexity index is 812. The van der Waals surface area contributed by atoms with Crippen molar-refractivity contribution in [2.45, 2.75) is 107 Å². The molecule has 3 saturated carbocycles. The Balaban J connectivity index is 1.33. The molecule has 3 aliphatic heterocycles. The van der Waals surface area contributed by atoms with Gasteiger partial charge in [0.25, 0.3) is 0 Å². The molecule has 31 heavy (non-hydrogen) atoms. The first-order chi connectivity index (χ1) is 15.1. The third-order valence-corrected chi connectivity index (χ3v) is 8.46. The summed E-state index contributed by atoms with van der Waals surface area (Å²) in [6, 6.07) is -0.194. The molecular formula is C24H33N3O4. The molecule has 0 aromatic heterocycles. The molecule has 3 aliphatic carbocycles. The van der Waals surface area contributed by atoms with Crippen LogP contribution in [0, 0.1) is 11.8 Å². The average molecular weight is 428 g/mol. The molecule has 0 aromatic carbocycles. The number of carbonyl (C=O) groups is 3. The Kier molecular flexibility index (Phi) is 4.67. The van der Waals surface area contributed by atoms with Crippen LogP contribution < -0.4 is 10.6 Å². The highest BCUT2D eigenvalue weighted by Crippen LogP contribution is 2.56. The molecule has 0 aromatic rings. The topological polar surface area (TPSA) is 87.7 Å². The van der Waals surface area contributed by atoms with Crippen LogP contribution in [0.5, 0.6) is 0 Å². The van der Waals surface area contributed by atoms with E-state index < -0.39 is 29.6 Å². The Morgan fingerprint density at radius 3 is 2.26 bits per heavy atom. The highest BCUT2D eigenvalue weighted by molar-refractivity contribution is 6.00. The maximum atomic E-state index is 13.8. The number of ether oxygens (including phenoxy) is 1. The second kappa shape index (κ2) is 7.32. The normalized spacial score (nSPS) is 39.9. The van der Waals surface area contributed by atoms with Crippen molar-refractivity contribution in [2.75, 3.05) is 0 Å². The van der Waals surface area contributed by atoms with Gasteiger partial charge in [-0.3, -0.25) is 14.4 Å². The SMILES string of the molecule is O=C(NC1CC1)[C@H]1[C@H]2C(=O)N(C3CCCC3)[C@@H](C(=O)NC3CCCCC3)[C@@]23C=C[C@H]1O3. The first-order valence-corrected chi connectivity index (χ1v) is 12.4. The van der Waals surface area contributed by atoms with Gasteiger partial charge >= 0.3 is 0 Å². The number of hydrogen-bond donors (Lipinski definition) is 2. The third kappa shape index (κ3) is 3.06. The van der Waals surface area contributed by atoms with Crippen LogP contribution in [0.15, 0.2) is 12.2 Å². The fourth-order valence-electron chi connectivity index (χ4n) is 6.83. The van der Waals surface area contributed by atoms with E-state index in [1.165, 1.54) is 6.42 Å². The zero-order valence-electron chi connectivity index (χ0n) is 18.1. The molecule has 6 rings (SSSR count). The molecule has 2 saturated heterocycles. The average Bonchev–Trinajstić information content (AvgIpc) is 3.14. The maximum absolute atomic E-state index is 13.8. The molecule has 7 heteroatoms. The number of nitrogens with one attached hydrogen (secondary N) is 2. The number of likely N-dealkylation sites (tertiary alicyclic amines) is 1. The van der Waals surface area contributed by atoms with Crippen LogP contribution in [0.3, 0.4) is 0 Å². The summed E-state index contributed by atoms with van der Waals surface area (Å²) in [4.78, 5) is 42.5. The van der Waals surface area contributed by atoms with Crippen molar-refractivity contribution in [3.63, 3.8) is 0 Å². The van der Waals surface area contributed by atoms with Crippen molar-refractivity contribution in [1.82, 2.24) is 15.5 Å². The quantitative estimate of drug-likeness (QED) is 0.655. The van der Waals surface area contributed by atoms with E-state index in [1.54, 1.807) is 0 Å². The summed E-state index contributed by atoms with van der Waals surface area (Å²) in [6.07, 6.45) is 14.9. The van der Waals surface area contributed by atoms with E-state index in [-0.39, 0.29) is 35.8 Å². The monoisotopic (exact) mass is 427 g/mol. The Morgan fingerprint density at radius 2 is 1.55 bits per heavy atom. The highest BCUT2D eigenvalue weighted by Gasteiger charge is 2.73. The van der Waals surface area contributed by atoms with Crippen LogP contribution in [0.4, 0.5) is 0 Å². The van der Waals surface area contributed by atoms with Gasteiger partial charge in [0.1, 0.15) is 11.6 Å². The van der Waals surface area contributed by atoms with Gasteiger partial charge in [-0.15, -0.1) is 0 Å². The standard InChI is InChI=1S/C24H33N3O4/c28-21(25-15-10-11-15)18-17-12-13-24(31-17)19(18)23(30)27(16-8-4-5-9-16)20(24)22(29)26-14-6-2-1-3-7-14/h12-20H,1-11H2,(H,25,28)(H,26,29)/t17-,18-,19+,20+,24-/m1/s1. The summed E-state index contributed by atoms with van der Waals surface area (Å²) in [5.74, 6) is -1.36. The minimum absolute atomic E-state index is 0.0570. The molecule has 0 radical (unpaired) electrons. The van der Waals surface area contributed by atoms with Crippen LogP contribution in [-0.2, 0) is 19.1 Å². The predicted molar refractivity (Wildman–Crippen MR) is 113 cm³/mol. The minimum atomic E-state index is -1.01. The lowest BCUT2D eigenvalue weighted by atomic mass is 9.74. The summed E-state index contributed by atoms with van der Waals surface area (Å²) >= 11 is 0. The first kappa shape index (κ1) is 19.8. The molecular weight excluding hydrogens is 394 g/mol. The molecule has 168 valence electrons. The largest absolute Gasteiger partial charge is 0.359 e. The van der Waals surface area contributed by atoms with Crippen molar-refractivity contribution in [3.05, 3.63) is 12.2 Å². The molecule has 7 nitrogen and oxygen atoms in total. The zero-order valence-corrected chi connectivity index (χ0v) is 18.1. The van der Waals surface area contributed by atoms with E-state index in [9.17, 15) is 14.4 Å². The molecule has 6 aliphatic rings. The molecule has 0 unspecified atom stereocenters. The second-order valence-electron chi connectivity index (χ2n) is 10.5. The van der Waals surface area contributed by atoms with Gasteiger partial charge in [-0.05, 0) is 38.5 Å². The number of rotatable bonds is 5. The van der Waals surface area contributed by atoms with Crippen molar-refractivity contribution < 1.29 is 19.1 Å². The van der Waals surface area contributed by atoms with Gasteiger partial charge in [-0.25, -0.2) is 0 Å². The van der Waals surface area contributed by atoms with Crippen LogP contribution in [-0.4, -0.2) is 58.5 Å². The van der Waals surface area contributed by atoms with E-state index in [1.807, 2.05) is 17.1 Å². The van der Waals surface area contributed by atoms with Crippen molar-refractivity contribution in [3.8, 4) is 0 Å². The van der Waals surface area contributed by atoms with E-state index >= 15 is 0 Å². The zero-order chi connectivity index (χ0) is 21.2. The second-order valence-corrected chi connectivity index (χ2v) is 10.5. The van der Waals surface area contributed by atoms with Crippen LogP contribution in [0.2, 0.25) is 0 Å². The van der Waals surface area contributed by atoms with Crippen LogP contribution >= 0.6 is 0 Å². The van der Waals surface area contributed by atoms with E-state index in [2.05, 4.69) is 10.6 Å². The van der Waals surface area contributed by atoms with E-state index in [4.69, 9.17) is 4.74 Å². The van der Waals surface area contributed by atoms with E-state index in [0.717, 1.165) is 64.2 Å². The molecule has 1 spiro atoms. The Labute approximate surface area is 183 Å². The van der Waals surface area contributed by atoms with Gasteiger partial charge in [-0.1, -0.05) is 44.3 Å². The lowest BCUT2D eigenvalue weighted by Gasteiger charge is -2.36. The fraction of sp³-hybridized carbons (Fsp3) is 0.792. The third-order valence-electron chi connectivity index (χ3n) is 8.46. The lowest BCUT2D eigenvalue weighted by Crippen LogP contribution is -2.58. The number of fused-ring (bicyclic) bond motifs is 1. The summed E-state index contributed by atoms with van der Waals surface area (Å²) in [6.45, 7) is 0. The first-order valence-electron chi connectivity index (χ1n) is 12.4. The maximum Gasteiger partial charge on any atom is 0.246 e. The Morgan fingerprint density at radius 1 is 0.903 bits per heavy atom. The van der Waals surface area contributed by atoms with Gasteiger partial charge < -0.3 is 20.3 Å². The van der Waals surface area contributed by atoms with Gasteiger partial charge in [-0.2, -0.15) is 0 Å². The molecule has 2 N–H and O–H groups in total. The van der Waals surface area contributed by atoms with Gasteiger partial charge in [0.15, 0.2) is 0 Å². The Hall–Kier alpha value is -1.89. The molecule has 3 heterocycles. The number of hydrogen-bond acceptors (Lipinski definition) is 4. The highest BCUT2D eigenvalue weighted by atomic mass is 16.5. The summed E-state index contributed by atoms with van der Waals surface area (Å²) < 4.78 is 6.41. The van der Waals surface area contributed by atoms with Gasteiger partial charge in [0.2, 0.25) is 17.7 Å². The van der Waals surface area contributed by atoms with Gasteiger partial charge in [0.05, 0.1) is 17.9 Å². The summed E-state index contributed by atoms with van der Waals surface area (Å²) in [5.41, 5.74) is -1.01. The predicted octanol–water partition coefficient (Wildman–Crippen LogP) is 1.81. The number of nitrogens with zero attached hydrogens (tertiary/aromatic N) is 1. The molecule has 2 bridgehead atoms. The minimum Gasteiger partial charge on any atom is -0.359 e.